The van der Waals surface area contributed by atoms with Crippen LogP contribution >= 0.6 is 0 Å². The van der Waals surface area contributed by atoms with E-state index in [1.54, 1.807) is 22.8 Å². The van der Waals surface area contributed by atoms with Crippen molar-refractivity contribution in [2.24, 2.45) is 0 Å². The number of esters is 1. The molecule has 0 bridgehead atoms. The zero-order chi connectivity index (χ0) is 22.4. The normalized spacial score (nSPS) is 12.8. The van der Waals surface area contributed by atoms with Gasteiger partial charge in [-0.1, -0.05) is 0 Å². The van der Waals surface area contributed by atoms with Gasteiger partial charge in [-0.05, 0) is 87.1 Å². The molecule has 0 atom stereocenters. The molecule has 1 aliphatic rings. The van der Waals surface area contributed by atoms with Gasteiger partial charge >= 0.3 is 5.97 Å². The summed E-state index contributed by atoms with van der Waals surface area (Å²) in [5.41, 5.74) is 6.48. The lowest BCUT2D eigenvalue weighted by molar-refractivity contribution is 0.0474. The number of Topliss-reactive ketones (excluding diaryl/α,β-unsaturated/α-hetero) is 1. The van der Waals surface area contributed by atoms with Crippen molar-refractivity contribution in [3.8, 4) is 0 Å². The Kier molecular flexibility index (Phi) is 5.25. The van der Waals surface area contributed by atoms with Gasteiger partial charge in [0.15, 0.2) is 6.61 Å². The van der Waals surface area contributed by atoms with E-state index in [1.807, 2.05) is 34.6 Å². The molecule has 2 aromatic carbocycles. The molecule has 160 valence electrons. The molecule has 3 aromatic rings. The maximum atomic E-state index is 12.9. The van der Waals surface area contributed by atoms with Gasteiger partial charge in [0.25, 0.3) is 5.56 Å². The molecule has 0 fully saturated rings. The molecule has 0 amide bonds. The number of nitrogens with zero attached hydrogens (tertiary/aromatic N) is 2. The number of carbonyl (C=O) groups excluding carboxylic acids is 2. The molecule has 0 radical (unpaired) electrons. The first-order valence-electron chi connectivity index (χ1n) is 10.5. The number of rotatable bonds is 4. The van der Waals surface area contributed by atoms with Gasteiger partial charge in [0, 0.05) is 18.5 Å². The number of fused-ring (bicyclic) bond motifs is 2. The van der Waals surface area contributed by atoms with Gasteiger partial charge in [0.2, 0.25) is 5.78 Å². The Morgan fingerprint density at radius 2 is 1.65 bits per heavy atom. The molecule has 0 saturated heterocycles. The fraction of sp³-hybridized carbons (Fsp3) is 0.360. The third kappa shape index (κ3) is 3.46. The number of aryl methyl sites for hydroxylation is 1. The number of aromatic nitrogens is 2. The lowest BCUT2D eigenvalue weighted by atomic mass is 9.88. The van der Waals surface area contributed by atoms with Crippen molar-refractivity contribution < 1.29 is 14.3 Å². The summed E-state index contributed by atoms with van der Waals surface area (Å²) in [7, 11) is 0. The van der Waals surface area contributed by atoms with Crippen molar-refractivity contribution in [1.82, 2.24) is 9.55 Å². The van der Waals surface area contributed by atoms with Crippen molar-refractivity contribution in [3.05, 3.63) is 73.3 Å². The Balaban J connectivity index is 1.57. The van der Waals surface area contributed by atoms with E-state index in [0.29, 0.717) is 23.0 Å². The van der Waals surface area contributed by atoms with E-state index in [0.717, 1.165) is 40.9 Å². The molecular formula is C25H26N2O4. The molecule has 0 N–H and O–H groups in total. The van der Waals surface area contributed by atoms with Crippen LogP contribution in [0.5, 0.6) is 0 Å². The molecule has 2 heterocycles. The topological polar surface area (TPSA) is 78.3 Å². The van der Waals surface area contributed by atoms with Crippen LogP contribution in [-0.2, 0) is 17.7 Å². The van der Waals surface area contributed by atoms with Crippen LogP contribution in [0, 0.1) is 34.6 Å². The molecule has 0 unspecified atom stereocenters. The maximum absolute atomic E-state index is 12.9. The first-order valence-corrected chi connectivity index (χ1v) is 10.5. The summed E-state index contributed by atoms with van der Waals surface area (Å²) < 4.78 is 7.03. The number of ether oxygens (including phenoxy) is 1. The van der Waals surface area contributed by atoms with Crippen molar-refractivity contribution in [3.63, 3.8) is 0 Å². The van der Waals surface area contributed by atoms with Crippen molar-refractivity contribution in [1.29, 1.82) is 0 Å². The summed E-state index contributed by atoms with van der Waals surface area (Å²) in [6, 6.07) is 4.73. The fourth-order valence-corrected chi connectivity index (χ4v) is 4.42. The minimum absolute atomic E-state index is 0.0799. The average molecular weight is 418 g/mol. The van der Waals surface area contributed by atoms with Gasteiger partial charge in [-0.15, -0.1) is 0 Å². The SMILES string of the molecule is Cc1c(C)c(C)c(C(=O)COC(=O)c2ccc3c(=O)n4c(nc3c2)CCC4)c(C)c1C. The molecule has 0 aliphatic carbocycles. The highest BCUT2D eigenvalue weighted by atomic mass is 16.5. The molecule has 1 aliphatic heterocycles. The Morgan fingerprint density at radius 3 is 2.32 bits per heavy atom. The van der Waals surface area contributed by atoms with E-state index in [4.69, 9.17) is 4.74 Å². The summed E-state index contributed by atoms with van der Waals surface area (Å²) >= 11 is 0. The molecule has 1 aromatic heterocycles. The minimum Gasteiger partial charge on any atom is -0.454 e. The van der Waals surface area contributed by atoms with Crippen LogP contribution in [0.1, 0.15) is 60.8 Å². The summed E-state index contributed by atoms with van der Waals surface area (Å²) in [5, 5.41) is 0.482. The number of carbonyl (C=O) groups is 2. The standard InChI is InChI=1S/C25H26N2O4/c1-13-14(2)16(4)23(17(5)15(13)3)21(28)12-31-25(30)18-8-9-19-20(11-18)26-22-7-6-10-27(22)24(19)29/h8-9,11H,6-7,10,12H2,1-5H3. The molecule has 0 saturated carbocycles. The van der Waals surface area contributed by atoms with Crippen molar-refractivity contribution >= 4 is 22.7 Å². The van der Waals surface area contributed by atoms with Crippen LogP contribution in [0.3, 0.4) is 0 Å². The second-order valence-electron chi connectivity index (χ2n) is 8.32. The largest absolute Gasteiger partial charge is 0.454 e. The highest BCUT2D eigenvalue weighted by Gasteiger charge is 2.21. The van der Waals surface area contributed by atoms with Crippen LogP contribution in [-0.4, -0.2) is 27.9 Å². The zero-order valence-corrected chi connectivity index (χ0v) is 18.6. The lowest BCUT2D eigenvalue weighted by Crippen LogP contribution is -2.21. The number of hydrogen-bond donors (Lipinski definition) is 0. The first-order chi connectivity index (χ1) is 14.7. The van der Waals surface area contributed by atoms with Gasteiger partial charge in [0.05, 0.1) is 16.5 Å². The maximum Gasteiger partial charge on any atom is 0.338 e. The molecule has 6 nitrogen and oxygen atoms in total. The molecule has 4 rings (SSSR count). The highest BCUT2D eigenvalue weighted by molar-refractivity contribution is 6.02. The van der Waals surface area contributed by atoms with Crippen molar-refractivity contribution in [2.75, 3.05) is 6.61 Å². The Bertz CT molecular complexity index is 1290. The quantitative estimate of drug-likeness (QED) is 0.474. The van der Waals surface area contributed by atoms with Crippen molar-refractivity contribution in [2.45, 2.75) is 54.0 Å². The van der Waals surface area contributed by atoms with Crippen LogP contribution in [0.4, 0.5) is 0 Å². The van der Waals surface area contributed by atoms with Gasteiger partial charge in [-0.25, -0.2) is 9.78 Å². The summed E-state index contributed by atoms with van der Waals surface area (Å²) in [6.07, 6.45) is 1.65. The second-order valence-corrected chi connectivity index (χ2v) is 8.32. The molecule has 6 heteroatoms. The third-order valence-corrected chi connectivity index (χ3v) is 6.67. The van der Waals surface area contributed by atoms with E-state index in [2.05, 4.69) is 4.98 Å². The first kappa shape index (κ1) is 21.0. The summed E-state index contributed by atoms with van der Waals surface area (Å²) in [6.45, 7) is 10.3. The van der Waals surface area contributed by atoms with E-state index in [-0.39, 0.29) is 23.5 Å². The van der Waals surface area contributed by atoms with E-state index in [9.17, 15) is 14.4 Å². The van der Waals surface area contributed by atoms with Crippen LogP contribution in [0.15, 0.2) is 23.0 Å². The smallest absolute Gasteiger partial charge is 0.338 e. The van der Waals surface area contributed by atoms with Gasteiger partial charge in [-0.2, -0.15) is 0 Å². The summed E-state index contributed by atoms with van der Waals surface area (Å²) in [5.74, 6) is -0.0766. The molecule has 31 heavy (non-hydrogen) atoms. The minimum atomic E-state index is -0.603. The van der Waals surface area contributed by atoms with Crippen LogP contribution in [0.25, 0.3) is 10.9 Å². The predicted octanol–water partition coefficient (Wildman–Crippen LogP) is 3.92. The fourth-order valence-electron chi connectivity index (χ4n) is 4.42. The lowest BCUT2D eigenvalue weighted by Gasteiger charge is -2.17. The predicted molar refractivity (Wildman–Crippen MR) is 119 cm³/mol. The number of benzene rings is 2. The number of ketones is 1. The van der Waals surface area contributed by atoms with Crippen LogP contribution < -0.4 is 5.56 Å². The van der Waals surface area contributed by atoms with E-state index < -0.39 is 5.97 Å². The van der Waals surface area contributed by atoms with Gasteiger partial charge < -0.3 is 4.74 Å². The Morgan fingerprint density at radius 1 is 1.00 bits per heavy atom. The number of hydrogen-bond acceptors (Lipinski definition) is 5. The summed E-state index contributed by atoms with van der Waals surface area (Å²) in [4.78, 5) is 42.6. The zero-order valence-electron chi connectivity index (χ0n) is 18.6. The average Bonchev–Trinajstić information content (AvgIpc) is 3.23. The van der Waals surface area contributed by atoms with Gasteiger partial charge in [0.1, 0.15) is 5.82 Å². The monoisotopic (exact) mass is 418 g/mol. The van der Waals surface area contributed by atoms with E-state index in [1.165, 1.54) is 5.56 Å². The van der Waals surface area contributed by atoms with Crippen LogP contribution in [0.2, 0.25) is 0 Å². The Labute approximate surface area is 180 Å². The second kappa shape index (κ2) is 7.76. The highest BCUT2D eigenvalue weighted by Crippen LogP contribution is 2.26. The molecule has 0 spiro atoms. The van der Waals surface area contributed by atoms with Gasteiger partial charge in [-0.3, -0.25) is 14.2 Å². The Hall–Kier alpha value is -3.28. The molecular weight excluding hydrogens is 392 g/mol. The van der Waals surface area contributed by atoms with E-state index >= 15 is 0 Å². The third-order valence-electron chi connectivity index (χ3n) is 6.67.